The van der Waals surface area contributed by atoms with Crippen LogP contribution in [0, 0.1) is 23.7 Å². The van der Waals surface area contributed by atoms with Gasteiger partial charge in [0.15, 0.2) is 0 Å². The van der Waals surface area contributed by atoms with Crippen molar-refractivity contribution in [1.82, 2.24) is 10.6 Å². The Hall–Kier alpha value is -2.55. The smallest absolute Gasteiger partial charge is 0.350 e. The van der Waals surface area contributed by atoms with Crippen LogP contribution in [0.1, 0.15) is 96.3 Å². The van der Waals surface area contributed by atoms with Gasteiger partial charge in [-0.3, -0.25) is 19.2 Å². The zero-order valence-corrected chi connectivity index (χ0v) is 28.8. The van der Waals surface area contributed by atoms with E-state index in [1.165, 1.54) is 44.9 Å². The number of nitrogens with zero attached hydrogens (tertiary/aromatic N) is 1. The highest BCUT2D eigenvalue weighted by molar-refractivity contribution is 8.12. The van der Waals surface area contributed by atoms with Gasteiger partial charge >= 0.3 is 21.2 Å². The highest BCUT2D eigenvalue weighted by Crippen LogP contribution is 2.32. The Morgan fingerprint density at radius 2 is 1.13 bits per heavy atom. The lowest BCUT2D eigenvalue weighted by atomic mass is 9.95. The maximum Gasteiger partial charge on any atom is 0.350 e. The number of carboxylic acids is 2. The SMILES string of the molecule is C1=CCCC1.Cl.N[C@@H]1CCC[C@@H]1C(=O)O.N[C@H]1CCC[C@H]1C(=O)O.O=C1N[C@@H]2CCC[C@H]12.O=C1N[C@H]2CCC[C@@H]12.O=C=NS(=O)(=O)Cl. The molecule has 5 aliphatic carbocycles. The third-order valence-electron chi connectivity index (χ3n) is 9.19. The molecule has 0 aromatic carbocycles. The van der Waals surface area contributed by atoms with E-state index in [1.54, 1.807) is 0 Å². The van der Waals surface area contributed by atoms with Crippen LogP contribution < -0.4 is 22.1 Å². The number of aliphatic carboxylic acids is 2. The van der Waals surface area contributed by atoms with Gasteiger partial charge in [0.05, 0.1) is 23.7 Å². The van der Waals surface area contributed by atoms with Crippen LogP contribution in [-0.2, 0) is 33.2 Å². The van der Waals surface area contributed by atoms with Gasteiger partial charge in [0.2, 0.25) is 11.8 Å². The van der Waals surface area contributed by atoms with Gasteiger partial charge in [-0.2, -0.15) is 8.42 Å². The lowest BCUT2D eigenvalue weighted by molar-refractivity contribution is -0.142. The van der Waals surface area contributed by atoms with Gasteiger partial charge < -0.3 is 32.3 Å². The zero-order valence-electron chi connectivity index (χ0n) is 26.4. The van der Waals surface area contributed by atoms with Crippen LogP contribution in [0.25, 0.3) is 0 Å². The van der Waals surface area contributed by atoms with E-state index >= 15 is 0 Å². The molecular weight excluding hydrogens is 677 g/mol. The van der Waals surface area contributed by atoms with Gasteiger partial charge in [-0.05, 0) is 70.6 Å². The number of β-lactam (4-membered cyclic amide) rings is 2. The van der Waals surface area contributed by atoms with Crippen molar-refractivity contribution in [3.63, 3.8) is 0 Å². The minimum absolute atomic E-state index is 0. The van der Waals surface area contributed by atoms with E-state index in [-0.39, 0.29) is 48.1 Å². The molecule has 268 valence electrons. The van der Waals surface area contributed by atoms with Gasteiger partial charge in [-0.15, -0.1) is 12.4 Å². The summed E-state index contributed by atoms with van der Waals surface area (Å²) < 4.78 is 21.3. The van der Waals surface area contributed by atoms with E-state index < -0.39 is 21.2 Å². The Bertz CT molecular complexity index is 1160. The lowest BCUT2D eigenvalue weighted by Crippen LogP contribution is -2.54. The molecule has 0 aromatic heterocycles. The minimum Gasteiger partial charge on any atom is -0.481 e. The van der Waals surface area contributed by atoms with Crippen LogP contribution in [0.15, 0.2) is 16.5 Å². The number of carboxylic acid groups (broad SMARTS) is 2. The molecule has 7 aliphatic rings. The second-order valence-corrected chi connectivity index (χ2v) is 14.6. The van der Waals surface area contributed by atoms with E-state index in [0.717, 1.165) is 57.4 Å². The van der Waals surface area contributed by atoms with Gasteiger partial charge in [0, 0.05) is 34.8 Å². The zero-order chi connectivity index (χ0) is 34.3. The molecular formula is C30H49Cl2N5O9S. The number of rotatable bonds is 3. The first-order valence-electron chi connectivity index (χ1n) is 16.0. The van der Waals surface area contributed by atoms with E-state index in [9.17, 15) is 27.6 Å². The largest absolute Gasteiger partial charge is 0.481 e. The summed E-state index contributed by atoms with van der Waals surface area (Å²) in [6.45, 7) is 0. The number of isocyanates is 1. The molecule has 0 radical (unpaired) electrons. The van der Waals surface area contributed by atoms with Crippen LogP contribution in [0.2, 0.25) is 0 Å². The van der Waals surface area contributed by atoms with E-state index in [1.807, 2.05) is 0 Å². The van der Waals surface area contributed by atoms with E-state index in [0.29, 0.717) is 23.9 Å². The average molecular weight is 727 g/mol. The van der Waals surface area contributed by atoms with Crippen LogP contribution in [0.4, 0.5) is 0 Å². The summed E-state index contributed by atoms with van der Waals surface area (Å²) in [5.41, 5.74) is 11.0. The van der Waals surface area contributed by atoms with Crippen LogP contribution >= 0.6 is 23.1 Å². The maximum absolute atomic E-state index is 10.6. The molecule has 0 bridgehead atoms. The van der Waals surface area contributed by atoms with E-state index in [4.69, 9.17) is 26.5 Å². The number of fused-ring (bicyclic) bond motifs is 2. The van der Waals surface area contributed by atoms with Gasteiger partial charge in [-0.25, -0.2) is 4.79 Å². The van der Waals surface area contributed by atoms with Crippen molar-refractivity contribution in [2.24, 2.45) is 39.5 Å². The van der Waals surface area contributed by atoms with Gasteiger partial charge in [0.25, 0.3) is 6.08 Å². The molecule has 7 rings (SSSR count). The molecule has 17 heteroatoms. The first kappa shape index (κ1) is 42.5. The highest BCUT2D eigenvalue weighted by atomic mass is 35.7. The first-order chi connectivity index (χ1) is 21.7. The number of carbonyl (C=O) groups excluding carboxylic acids is 3. The molecule has 8 N–H and O–H groups in total. The number of hydrogen-bond acceptors (Lipinski definition) is 9. The minimum atomic E-state index is -4.00. The summed E-state index contributed by atoms with van der Waals surface area (Å²) in [6, 6.07) is 0.954. The van der Waals surface area contributed by atoms with Crippen LogP contribution in [0.5, 0.6) is 0 Å². The molecule has 47 heavy (non-hydrogen) atoms. The summed E-state index contributed by atoms with van der Waals surface area (Å²) in [5, 5.41) is 22.7. The third-order valence-corrected chi connectivity index (χ3v) is 9.69. The molecule has 0 spiro atoms. The number of nitrogens with one attached hydrogen (secondary N) is 2. The second-order valence-electron chi connectivity index (χ2n) is 12.4. The Morgan fingerprint density at radius 3 is 1.28 bits per heavy atom. The van der Waals surface area contributed by atoms with Crippen molar-refractivity contribution >= 4 is 62.2 Å². The predicted octanol–water partition coefficient (Wildman–Crippen LogP) is 2.92. The number of nitrogens with two attached hydrogens (primary N) is 2. The molecule has 2 amide bonds. The number of allylic oxidation sites excluding steroid dienone is 2. The fraction of sp³-hybridized carbons (Fsp3) is 0.767. The monoisotopic (exact) mass is 725 g/mol. The van der Waals surface area contributed by atoms with Crippen LogP contribution in [-0.4, -0.2) is 72.6 Å². The normalized spacial score (nSPS) is 31.6. The van der Waals surface area contributed by atoms with Crippen LogP contribution in [0.3, 0.4) is 0 Å². The molecule has 0 unspecified atom stereocenters. The number of carbonyl (C=O) groups is 4. The molecule has 14 nitrogen and oxygen atoms in total. The summed E-state index contributed by atoms with van der Waals surface area (Å²) in [4.78, 5) is 50.9. The van der Waals surface area contributed by atoms with Crippen molar-refractivity contribution in [2.45, 2.75) is 120 Å². The average Bonchev–Trinajstić information content (AvgIpc) is 3.80. The molecule has 6 fully saturated rings. The van der Waals surface area contributed by atoms with Crippen molar-refractivity contribution < 1.29 is 42.6 Å². The highest BCUT2D eigenvalue weighted by Gasteiger charge is 2.42. The Kier molecular flexibility index (Phi) is 19.4. The van der Waals surface area contributed by atoms with Crippen molar-refractivity contribution in [3.8, 4) is 0 Å². The molecule has 8 atom stereocenters. The summed E-state index contributed by atoms with van der Waals surface area (Å²) in [7, 11) is 0.376. The van der Waals surface area contributed by atoms with Gasteiger partial charge in [-0.1, -0.05) is 42.2 Å². The number of hydrogen-bond donors (Lipinski definition) is 6. The third kappa shape index (κ3) is 15.0. The molecule has 2 aliphatic heterocycles. The summed E-state index contributed by atoms with van der Waals surface area (Å²) >= 11 is 0. The lowest BCUT2D eigenvalue weighted by Gasteiger charge is -2.30. The Labute approximate surface area is 286 Å². The first-order valence-corrected chi connectivity index (χ1v) is 18.3. The second kappa shape index (κ2) is 21.4. The van der Waals surface area contributed by atoms with Crippen molar-refractivity contribution in [1.29, 1.82) is 0 Å². The maximum atomic E-state index is 10.6. The molecule has 0 aromatic rings. The number of amides is 2. The summed E-state index contributed by atoms with van der Waals surface area (Å²) in [5.74, 6) is -0.625. The fourth-order valence-electron chi connectivity index (χ4n) is 6.50. The molecule has 2 heterocycles. The Morgan fingerprint density at radius 1 is 0.745 bits per heavy atom. The fourth-order valence-corrected chi connectivity index (χ4v) is 6.68. The predicted molar refractivity (Wildman–Crippen MR) is 178 cm³/mol. The summed E-state index contributed by atoms with van der Waals surface area (Å²) in [6.07, 6.45) is 21.7. The quantitative estimate of drug-likeness (QED) is 0.0811. The molecule has 4 saturated carbocycles. The number of halogens is 2. The van der Waals surface area contributed by atoms with E-state index in [2.05, 4.69) is 37.9 Å². The standard InChI is InChI=1S/2C6H11NO2.2C6H9NO.C5H8.CClNO3S.ClH/c2*7-5-3-1-2-4(5)6(8)9;2*8-6-4-2-1-3-5(4)7-6;1-2-4-5-3-1;2-7(5,6)3-1-4;/h2*4-5H,1-3,7H2,(H,8,9);2*4-5H,1-3H2,(H,7,8);1-2H,3-5H2;;1H/t4*4-,5+;;;/m1010.../s1. The van der Waals surface area contributed by atoms with Gasteiger partial charge in [0.1, 0.15) is 0 Å². The molecule has 2 saturated heterocycles. The van der Waals surface area contributed by atoms with Crippen molar-refractivity contribution in [2.75, 3.05) is 0 Å². The Balaban J connectivity index is 0.000000283. The topological polar surface area (TPSA) is 248 Å². The van der Waals surface area contributed by atoms with Crippen molar-refractivity contribution in [3.05, 3.63) is 12.2 Å².